The van der Waals surface area contributed by atoms with Crippen LogP contribution in [0, 0.1) is 0 Å². The summed E-state index contributed by atoms with van der Waals surface area (Å²) in [5, 5.41) is 29.0. The van der Waals surface area contributed by atoms with Crippen molar-refractivity contribution in [3.05, 3.63) is 28.8 Å². The summed E-state index contributed by atoms with van der Waals surface area (Å²) in [5.74, 6) is 0.350. The van der Waals surface area contributed by atoms with E-state index in [2.05, 4.69) is 0 Å². The Labute approximate surface area is 125 Å². The van der Waals surface area contributed by atoms with Crippen LogP contribution in [0.15, 0.2) is 12.1 Å². The second-order valence-electron chi connectivity index (χ2n) is 4.57. The van der Waals surface area contributed by atoms with Gasteiger partial charge in [0.15, 0.2) is 0 Å². The predicted molar refractivity (Wildman–Crippen MR) is 78.5 cm³/mol. The van der Waals surface area contributed by atoms with Crippen LogP contribution in [0.25, 0.3) is 0 Å². The van der Waals surface area contributed by atoms with Gasteiger partial charge in [0.25, 0.3) is 0 Å². The van der Waals surface area contributed by atoms with Crippen LogP contribution in [-0.2, 0) is 29.1 Å². The molecule has 0 aliphatic rings. The number of aryl methyl sites for hydroxylation is 2. The van der Waals surface area contributed by atoms with E-state index in [0.29, 0.717) is 12.3 Å². The number of hydrogen-bond donors (Lipinski definition) is 3. The highest BCUT2D eigenvalue weighted by molar-refractivity contribution is 5.43. The van der Waals surface area contributed by atoms with Crippen LogP contribution in [0.4, 0.5) is 0 Å². The van der Waals surface area contributed by atoms with Gasteiger partial charge in [-0.15, -0.1) is 0 Å². The molecule has 0 spiro atoms. The van der Waals surface area contributed by atoms with Crippen LogP contribution in [0.1, 0.15) is 30.5 Å². The first-order valence-corrected chi connectivity index (χ1v) is 7.24. The number of aromatic hydroxyl groups is 1. The van der Waals surface area contributed by atoms with Crippen LogP contribution in [0.5, 0.6) is 5.75 Å². The second kappa shape index (κ2) is 9.70. The summed E-state index contributed by atoms with van der Waals surface area (Å²) in [6, 6.07) is 3.82. The zero-order chi connectivity index (χ0) is 15.7. The van der Waals surface area contributed by atoms with Crippen molar-refractivity contribution in [1.29, 1.82) is 0 Å². The van der Waals surface area contributed by atoms with Crippen molar-refractivity contribution in [2.75, 3.05) is 26.4 Å². The highest BCUT2D eigenvalue weighted by atomic mass is 16.9. The number of phenols is 1. The Bertz CT molecular complexity index is 392. The molecule has 0 unspecified atom stereocenters. The molecule has 1 aromatic carbocycles. The number of aliphatic hydroxyl groups excluding tert-OH is 2. The van der Waals surface area contributed by atoms with Crippen molar-refractivity contribution in [3.63, 3.8) is 0 Å². The fourth-order valence-electron chi connectivity index (χ4n) is 2.03. The molecule has 0 aliphatic carbocycles. The highest BCUT2D eigenvalue weighted by Gasteiger charge is 2.12. The average molecular weight is 299 g/mol. The Morgan fingerprint density at radius 2 is 1.43 bits per heavy atom. The first-order chi connectivity index (χ1) is 10.2. The SMILES string of the molecule is CCc1cc(CN(OCCO)OCCO)cc(CC)c1O. The fourth-order valence-corrected chi connectivity index (χ4v) is 2.03. The molecule has 3 N–H and O–H groups in total. The largest absolute Gasteiger partial charge is 0.507 e. The van der Waals surface area contributed by atoms with E-state index in [1.54, 1.807) is 0 Å². The zero-order valence-electron chi connectivity index (χ0n) is 12.7. The number of hydroxylamine groups is 2. The lowest BCUT2D eigenvalue weighted by Crippen LogP contribution is -2.27. The number of rotatable bonds is 10. The number of hydrogen-bond acceptors (Lipinski definition) is 6. The monoisotopic (exact) mass is 299 g/mol. The Balaban J connectivity index is 2.85. The van der Waals surface area contributed by atoms with Gasteiger partial charge in [-0.05, 0) is 29.5 Å². The Hall–Kier alpha value is -1.18. The summed E-state index contributed by atoms with van der Waals surface area (Å²) in [6.45, 7) is 4.32. The normalized spacial score (nSPS) is 11.3. The van der Waals surface area contributed by atoms with E-state index in [4.69, 9.17) is 19.9 Å². The maximum atomic E-state index is 10.1. The van der Waals surface area contributed by atoms with Crippen molar-refractivity contribution in [2.24, 2.45) is 0 Å². The first-order valence-electron chi connectivity index (χ1n) is 7.24. The molecule has 120 valence electrons. The Morgan fingerprint density at radius 3 is 1.81 bits per heavy atom. The van der Waals surface area contributed by atoms with Crippen molar-refractivity contribution in [1.82, 2.24) is 5.23 Å². The quantitative estimate of drug-likeness (QED) is 0.563. The van der Waals surface area contributed by atoms with Crippen LogP contribution in [0.2, 0.25) is 0 Å². The van der Waals surface area contributed by atoms with Crippen molar-refractivity contribution in [3.8, 4) is 5.75 Å². The summed E-state index contributed by atoms with van der Waals surface area (Å²) in [7, 11) is 0. The molecule has 0 heterocycles. The van der Waals surface area contributed by atoms with Crippen molar-refractivity contribution < 1.29 is 25.0 Å². The summed E-state index contributed by atoms with van der Waals surface area (Å²) in [5.41, 5.74) is 2.71. The molecule has 0 atom stereocenters. The van der Waals surface area contributed by atoms with E-state index in [0.717, 1.165) is 29.5 Å². The minimum Gasteiger partial charge on any atom is -0.507 e. The standard InChI is InChI=1S/C15H25NO5/c1-3-13-9-12(10-14(4-2)15(13)19)11-16(20-7-5-17)21-8-6-18/h9-10,17-19H,3-8,11H2,1-2H3. The van der Waals surface area contributed by atoms with Crippen molar-refractivity contribution in [2.45, 2.75) is 33.2 Å². The molecular weight excluding hydrogens is 274 g/mol. The summed E-state index contributed by atoms with van der Waals surface area (Å²) in [6.07, 6.45) is 1.48. The van der Waals surface area contributed by atoms with Gasteiger partial charge in [-0.1, -0.05) is 31.2 Å². The lowest BCUT2D eigenvalue weighted by atomic mass is 10.0. The number of phenolic OH excluding ortho intramolecular Hbond substituents is 1. The van der Waals surface area contributed by atoms with Crippen LogP contribution >= 0.6 is 0 Å². The maximum absolute atomic E-state index is 10.1. The predicted octanol–water partition coefficient (Wildman–Crippen LogP) is 1.17. The van der Waals surface area contributed by atoms with E-state index in [1.165, 1.54) is 5.23 Å². The lowest BCUT2D eigenvalue weighted by molar-refractivity contribution is -0.378. The summed E-state index contributed by atoms with van der Waals surface area (Å²) < 4.78 is 0. The van der Waals surface area contributed by atoms with Crippen LogP contribution < -0.4 is 0 Å². The van der Waals surface area contributed by atoms with Gasteiger partial charge in [-0.2, -0.15) is 0 Å². The molecule has 0 bridgehead atoms. The van der Waals surface area contributed by atoms with Gasteiger partial charge in [0, 0.05) is 0 Å². The third kappa shape index (κ3) is 5.61. The summed E-state index contributed by atoms with van der Waals surface area (Å²) in [4.78, 5) is 10.5. The number of aliphatic hydroxyl groups is 2. The fraction of sp³-hybridized carbons (Fsp3) is 0.600. The molecule has 6 heteroatoms. The van der Waals surface area contributed by atoms with Gasteiger partial charge in [-0.25, -0.2) is 0 Å². The van der Waals surface area contributed by atoms with Gasteiger partial charge in [0.2, 0.25) is 0 Å². The minimum atomic E-state index is -0.116. The van der Waals surface area contributed by atoms with Crippen LogP contribution in [-0.4, -0.2) is 47.0 Å². The van der Waals surface area contributed by atoms with Crippen molar-refractivity contribution >= 4 is 0 Å². The molecule has 0 saturated heterocycles. The van der Waals surface area contributed by atoms with Gasteiger partial charge >= 0.3 is 0 Å². The number of nitrogens with zero attached hydrogens (tertiary/aromatic N) is 1. The Morgan fingerprint density at radius 1 is 0.952 bits per heavy atom. The smallest absolute Gasteiger partial charge is 0.121 e. The van der Waals surface area contributed by atoms with E-state index in [9.17, 15) is 5.11 Å². The van der Waals surface area contributed by atoms with Gasteiger partial charge in [0.1, 0.15) is 5.75 Å². The average Bonchev–Trinajstić information content (AvgIpc) is 2.51. The summed E-state index contributed by atoms with van der Waals surface area (Å²) >= 11 is 0. The molecule has 6 nitrogen and oxygen atoms in total. The van der Waals surface area contributed by atoms with E-state index in [-0.39, 0.29) is 26.4 Å². The van der Waals surface area contributed by atoms with E-state index in [1.807, 2.05) is 26.0 Å². The van der Waals surface area contributed by atoms with E-state index >= 15 is 0 Å². The molecular formula is C15H25NO5. The molecule has 0 amide bonds. The third-order valence-electron chi connectivity index (χ3n) is 3.05. The second-order valence-corrected chi connectivity index (χ2v) is 4.57. The maximum Gasteiger partial charge on any atom is 0.121 e. The molecule has 1 rings (SSSR count). The van der Waals surface area contributed by atoms with Gasteiger partial charge < -0.3 is 15.3 Å². The topological polar surface area (TPSA) is 82.4 Å². The van der Waals surface area contributed by atoms with Gasteiger partial charge in [0.05, 0.1) is 33.0 Å². The van der Waals surface area contributed by atoms with Crippen LogP contribution in [0.3, 0.4) is 0 Å². The Kier molecular flexibility index (Phi) is 8.26. The number of benzene rings is 1. The molecule has 1 aromatic rings. The van der Waals surface area contributed by atoms with E-state index < -0.39 is 0 Å². The first kappa shape index (κ1) is 17.9. The molecule has 0 radical (unpaired) electrons. The zero-order valence-corrected chi connectivity index (χ0v) is 12.7. The molecule has 21 heavy (non-hydrogen) atoms. The lowest BCUT2D eigenvalue weighted by Gasteiger charge is -2.21. The molecule has 0 saturated carbocycles. The molecule has 0 aliphatic heterocycles. The highest BCUT2D eigenvalue weighted by Crippen LogP contribution is 2.26. The van der Waals surface area contributed by atoms with Gasteiger partial charge in [-0.3, -0.25) is 9.68 Å². The molecule has 0 aromatic heterocycles. The third-order valence-corrected chi connectivity index (χ3v) is 3.05. The molecule has 0 fully saturated rings. The minimum absolute atomic E-state index is 0.116.